The topological polar surface area (TPSA) is 33.1 Å². The molecule has 0 spiro atoms. The van der Waals surface area contributed by atoms with Gasteiger partial charge in [-0.2, -0.15) is 13.2 Å². The van der Waals surface area contributed by atoms with E-state index in [1.165, 1.54) is 18.3 Å². The Morgan fingerprint density at radius 3 is 2.38 bits per heavy atom. The Hall–Kier alpha value is -0.620. The summed E-state index contributed by atoms with van der Waals surface area (Å²) in [6, 6.07) is 2.97. The van der Waals surface area contributed by atoms with Crippen LogP contribution in [0.15, 0.2) is 22.9 Å². The molecular formula is C10H9BrF3NO. The largest absolute Gasteiger partial charge is 0.397 e. The fraction of sp³-hybridized carbons (Fsp3) is 0.500. The van der Waals surface area contributed by atoms with Crippen LogP contribution >= 0.6 is 15.9 Å². The summed E-state index contributed by atoms with van der Waals surface area (Å²) in [4.78, 5) is 3.81. The molecule has 88 valence electrons. The standard InChI is InChI=1S/C10H9BrF3NO/c11-7-2-1-6(5-15-7)8(16)9(3-4-9)10(12,13)14/h1-2,5,8,16H,3-4H2. The van der Waals surface area contributed by atoms with Crippen LogP contribution in [0.3, 0.4) is 0 Å². The minimum Gasteiger partial charge on any atom is -0.387 e. The fourth-order valence-corrected chi connectivity index (χ4v) is 1.95. The monoisotopic (exact) mass is 295 g/mol. The fourth-order valence-electron chi connectivity index (χ4n) is 1.71. The summed E-state index contributed by atoms with van der Waals surface area (Å²) < 4.78 is 38.7. The van der Waals surface area contributed by atoms with Crippen LogP contribution in [0.4, 0.5) is 13.2 Å². The molecule has 16 heavy (non-hydrogen) atoms. The van der Waals surface area contributed by atoms with Gasteiger partial charge in [-0.05, 0) is 40.4 Å². The first-order valence-electron chi connectivity index (χ1n) is 4.73. The highest BCUT2D eigenvalue weighted by molar-refractivity contribution is 9.10. The van der Waals surface area contributed by atoms with Crippen LogP contribution in [0.5, 0.6) is 0 Å². The SMILES string of the molecule is OC(c1ccc(Br)nc1)C1(C(F)(F)F)CC1. The van der Waals surface area contributed by atoms with Crippen LogP contribution < -0.4 is 0 Å². The lowest BCUT2D eigenvalue weighted by Gasteiger charge is -2.24. The van der Waals surface area contributed by atoms with Gasteiger partial charge in [-0.25, -0.2) is 4.98 Å². The lowest BCUT2D eigenvalue weighted by Crippen LogP contribution is -2.31. The molecule has 1 aliphatic rings. The maximum atomic E-state index is 12.7. The van der Waals surface area contributed by atoms with Crippen LogP contribution in [-0.2, 0) is 0 Å². The Balaban J connectivity index is 2.26. The molecule has 1 aromatic heterocycles. The molecule has 1 unspecified atom stereocenters. The first-order chi connectivity index (χ1) is 7.37. The number of rotatable bonds is 2. The van der Waals surface area contributed by atoms with Crippen LogP contribution in [0.2, 0.25) is 0 Å². The molecule has 1 atom stereocenters. The van der Waals surface area contributed by atoms with Gasteiger partial charge in [0.1, 0.15) is 4.60 Å². The van der Waals surface area contributed by atoms with Crippen molar-refractivity contribution in [2.75, 3.05) is 0 Å². The highest BCUT2D eigenvalue weighted by Crippen LogP contribution is 2.64. The molecule has 2 rings (SSSR count). The highest BCUT2D eigenvalue weighted by Gasteiger charge is 2.67. The third-order valence-electron chi connectivity index (χ3n) is 2.94. The number of aliphatic hydroxyl groups is 1. The second-order valence-corrected chi connectivity index (χ2v) is 4.78. The third kappa shape index (κ3) is 1.84. The third-order valence-corrected chi connectivity index (χ3v) is 3.41. The van der Waals surface area contributed by atoms with Crippen LogP contribution in [0, 0.1) is 5.41 Å². The molecule has 1 saturated carbocycles. The first kappa shape index (κ1) is 11.9. The Labute approximate surface area is 98.6 Å². The number of aliphatic hydroxyl groups excluding tert-OH is 1. The van der Waals surface area contributed by atoms with Crippen molar-refractivity contribution in [3.8, 4) is 0 Å². The molecule has 2 nitrogen and oxygen atoms in total. The van der Waals surface area contributed by atoms with Crippen molar-refractivity contribution in [2.45, 2.75) is 25.1 Å². The van der Waals surface area contributed by atoms with E-state index >= 15 is 0 Å². The van der Waals surface area contributed by atoms with Crippen molar-refractivity contribution in [3.63, 3.8) is 0 Å². The molecule has 0 aromatic carbocycles. The molecule has 1 aromatic rings. The average molecular weight is 296 g/mol. The molecule has 0 saturated heterocycles. The number of hydrogen-bond donors (Lipinski definition) is 1. The van der Waals surface area contributed by atoms with Gasteiger partial charge in [-0.1, -0.05) is 6.07 Å². The minimum absolute atomic E-state index is 0.0201. The predicted octanol–water partition coefficient (Wildman–Crippen LogP) is 3.22. The summed E-state index contributed by atoms with van der Waals surface area (Å²) in [6.45, 7) is 0. The van der Waals surface area contributed by atoms with E-state index in [4.69, 9.17) is 0 Å². The summed E-state index contributed by atoms with van der Waals surface area (Å²) in [5, 5.41) is 9.76. The molecule has 0 radical (unpaired) electrons. The maximum absolute atomic E-state index is 12.7. The molecule has 1 fully saturated rings. The van der Waals surface area contributed by atoms with Crippen molar-refractivity contribution in [1.29, 1.82) is 0 Å². The zero-order valence-corrected chi connectivity index (χ0v) is 9.72. The van der Waals surface area contributed by atoms with Crippen molar-refractivity contribution >= 4 is 15.9 Å². The molecule has 0 aliphatic heterocycles. The van der Waals surface area contributed by atoms with Gasteiger partial charge in [0.15, 0.2) is 0 Å². The average Bonchev–Trinajstić information content (AvgIpc) is 2.97. The number of halogens is 4. The number of pyridine rings is 1. The van der Waals surface area contributed by atoms with Crippen LogP contribution in [-0.4, -0.2) is 16.3 Å². The number of hydrogen-bond acceptors (Lipinski definition) is 2. The zero-order valence-electron chi connectivity index (χ0n) is 8.13. The van der Waals surface area contributed by atoms with Crippen molar-refractivity contribution in [2.24, 2.45) is 5.41 Å². The molecule has 0 bridgehead atoms. The molecule has 1 N–H and O–H groups in total. The van der Waals surface area contributed by atoms with Gasteiger partial charge in [-0.3, -0.25) is 0 Å². The molecule has 1 heterocycles. The highest BCUT2D eigenvalue weighted by atomic mass is 79.9. The van der Waals surface area contributed by atoms with Gasteiger partial charge < -0.3 is 5.11 Å². The quantitative estimate of drug-likeness (QED) is 0.850. The Bertz CT molecular complexity index is 386. The van der Waals surface area contributed by atoms with E-state index in [-0.39, 0.29) is 18.4 Å². The zero-order chi connectivity index (χ0) is 12.0. The van der Waals surface area contributed by atoms with Gasteiger partial charge in [-0.15, -0.1) is 0 Å². The molecule has 6 heteroatoms. The maximum Gasteiger partial charge on any atom is 0.397 e. The van der Waals surface area contributed by atoms with Crippen LogP contribution in [0.1, 0.15) is 24.5 Å². The summed E-state index contributed by atoms with van der Waals surface area (Å²) in [5.41, 5.74) is -1.75. The lowest BCUT2D eigenvalue weighted by atomic mass is 9.93. The summed E-state index contributed by atoms with van der Waals surface area (Å²) >= 11 is 3.09. The summed E-state index contributed by atoms with van der Waals surface area (Å²) in [6.07, 6.45) is -4.66. The second-order valence-electron chi connectivity index (χ2n) is 3.97. The van der Waals surface area contributed by atoms with Gasteiger partial charge in [0.05, 0.1) is 11.5 Å². The Morgan fingerprint density at radius 2 is 2.00 bits per heavy atom. The smallest absolute Gasteiger partial charge is 0.387 e. The molecule has 1 aliphatic carbocycles. The van der Waals surface area contributed by atoms with E-state index in [2.05, 4.69) is 20.9 Å². The number of aromatic nitrogens is 1. The van der Waals surface area contributed by atoms with Gasteiger partial charge in [0, 0.05) is 6.20 Å². The molecular weight excluding hydrogens is 287 g/mol. The van der Waals surface area contributed by atoms with E-state index in [9.17, 15) is 18.3 Å². The van der Waals surface area contributed by atoms with E-state index in [0.29, 0.717) is 4.60 Å². The second kappa shape index (κ2) is 3.70. The minimum atomic E-state index is -4.36. The van der Waals surface area contributed by atoms with Crippen molar-refractivity contribution in [1.82, 2.24) is 4.98 Å². The number of nitrogens with zero attached hydrogens (tertiary/aromatic N) is 1. The van der Waals surface area contributed by atoms with E-state index < -0.39 is 17.7 Å². The normalized spacial score (nSPS) is 20.6. The number of alkyl halides is 3. The van der Waals surface area contributed by atoms with Crippen molar-refractivity contribution in [3.05, 3.63) is 28.5 Å². The van der Waals surface area contributed by atoms with E-state index in [0.717, 1.165) is 0 Å². The lowest BCUT2D eigenvalue weighted by molar-refractivity contribution is -0.215. The first-order valence-corrected chi connectivity index (χ1v) is 5.52. The Kier molecular flexibility index (Phi) is 2.74. The van der Waals surface area contributed by atoms with Gasteiger partial charge >= 0.3 is 6.18 Å². The predicted molar refractivity (Wildman–Crippen MR) is 54.6 cm³/mol. The van der Waals surface area contributed by atoms with Crippen LogP contribution in [0.25, 0.3) is 0 Å². The summed E-state index contributed by atoms with van der Waals surface area (Å²) in [7, 11) is 0. The van der Waals surface area contributed by atoms with Gasteiger partial charge in [0.2, 0.25) is 0 Å². The van der Waals surface area contributed by atoms with E-state index in [1.807, 2.05) is 0 Å². The summed E-state index contributed by atoms with van der Waals surface area (Å²) in [5.74, 6) is 0. The molecule has 0 amide bonds. The van der Waals surface area contributed by atoms with Crippen molar-refractivity contribution < 1.29 is 18.3 Å². The van der Waals surface area contributed by atoms with Gasteiger partial charge in [0.25, 0.3) is 0 Å². The Morgan fingerprint density at radius 1 is 1.38 bits per heavy atom. The van der Waals surface area contributed by atoms with E-state index in [1.54, 1.807) is 0 Å².